The lowest BCUT2D eigenvalue weighted by Gasteiger charge is -2.25. The number of nitrogens with zero attached hydrogens (tertiary/aromatic N) is 2. The van der Waals surface area contributed by atoms with Gasteiger partial charge in [0.1, 0.15) is 6.04 Å². The number of aromatic amines is 1. The van der Waals surface area contributed by atoms with E-state index in [1.54, 1.807) is 49.4 Å². The number of hydrogen-bond acceptors (Lipinski definition) is 4. The van der Waals surface area contributed by atoms with E-state index < -0.39 is 6.04 Å². The number of carbonyl (C=O) groups excluding carboxylic acids is 2. The highest BCUT2D eigenvalue weighted by Crippen LogP contribution is 2.26. The van der Waals surface area contributed by atoms with Crippen LogP contribution in [-0.4, -0.2) is 42.0 Å². The molecule has 1 atom stereocenters. The Labute approximate surface area is 214 Å². The van der Waals surface area contributed by atoms with Gasteiger partial charge in [0.15, 0.2) is 0 Å². The summed E-state index contributed by atoms with van der Waals surface area (Å²) < 4.78 is 5.32. The first kappa shape index (κ1) is 23.9. The van der Waals surface area contributed by atoms with Gasteiger partial charge in [-0.1, -0.05) is 35.9 Å². The summed E-state index contributed by atoms with van der Waals surface area (Å²) in [4.78, 5) is 36.5. The second kappa shape index (κ2) is 10.0. The number of methoxy groups -OCH3 is 1. The van der Waals surface area contributed by atoms with Crippen LogP contribution in [0.2, 0.25) is 5.02 Å². The Kier molecular flexibility index (Phi) is 6.65. The summed E-state index contributed by atoms with van der Waals surface area (Å²) in [6.45, 7) is 0. The quantitative estimate of drug-likeness (QED) is 0.438. The van der Waals surface area contributed by atoms with Gasteiger partial charge in [-0.15, -0.1) is 0 Å². The van der Waals surface area contributed by atoms with Gasteiger partial charge in [0, 0.05) is 41.5 Å². The molecule has 2 N–H and O–H groups in total. The van der Waals surface area contributed by atoms with Crippen molar-refractivity contribution in [1.29, 1.82) is 0 Å². The highest BCUT2D eigenvalue weighted by molar-refractivity contribution is 6.30. The van der Waals surface area contributed by atoms with Crippen LogP contribution in [0, 0.1) is 0 Å². The number of amides is 2. The summed E-state index contributed by atoms with van der Waals surface area (Å²) >= 11 is 6.02. The summed E-state index contributed by atoms with van der Waals surface area (Å²) in [5.41, 5.74) is 6.24. The van der Waals surface area contributed by atoms with E-state index in [0.29, 0.717) is 28.5 Å². The summed E-state index contributed by atoms with van der Waals surface area (Å²) in [5, 5.41) is 3.59. The molecule has 1 unspecified atom stereocenters. The first-order valence-electron chi connectivity index (χ1n) is 11.9. The third kappa shape index (κ3) is 4.93. The van der Waals surface area contributed by atoms with Crippen LogP contribution in [-0.2, 0) is 35.3 Å². The molecule has 0 spiro atoms. The van der Waals surface area contributed by atoms with Crippen LogP contribution in [0.25, 0.3) is 11.0 Å². The molecule has 0 aliphatic carbocycles. The first-order chi connectivity index (χ1) is 17.4. The lowest BCUT2D eigenvalue weighted by molar-refractivity contribution is -0.127. The Morgan fingerprint density at radius 3 is 2.64 bits per heavy atom. The number of halogens is 1. The van der Waals surface area contributed by atoms with Crippen LogP contribution in [0.15, 0.2) is 60.7 Å². The van der Waals surface area contributed by atoms with E-state index in [1.165, 1.54) is 5.56 Å². The van der Waals surface area contributed by atoms with Gasteiger partial charge in [-0.25, -0.2) is 4.98 Å². The molecule has 36 heavy (non-hydrogen) atoms. The number of ether oxygens (including phenoxy) is 1. The fourth-order valence-corrected chi connectivity index (χ4v) is 4.85. The minimum Gasteiger partial charge on any atom is -0.481 e. The lowest BCUT2D eigenvalue weighted by atomic mass is 9.97. The first-order valence-corrected chi connectivity index (χ1v) is 12.2. The van der Waals surface area contributed by atoms with Gasteiger partial charge >= 0.3 is 0 Å². The highest BCUT2D eigenvalue weighted by atomic mass is 35.5. The second-order valence-corrected chi connectivity index (χ2v) is 9.46. The minimum absolute atomic E-state index is 0.109. The number of aryl methyl sites for hydroxylation is 2. The summed E-state index contributed by atoms with van der Waals surface area (Å²) in [6.07, 6.45) is 2.04. The molecular weight excluding hydrogens is 476 g/mol. The van der Waals surface area contributed by atoms with Crippen molar-refractivity contribution in [2.75, 3.05) is 19.1 Å². The number of nitrogens with one attached hydrogen (secondary N) is 2. The highest BCUT2D eigenvalue weighted by Gasteiger charge is 2.27. The molecule has 0 saturated heterocycles. The van der Waals surface area contributed by atoms with E-state index in [2.05, 4.69) is 27.4 Å². The normalized spacial score (nSPS) is 15.9. The van der Waals surface area contributed by atoms with E-state index in [-0.39, 0.29) is 18.2 Å². The SMILES string of the molecule is COc1ccc2[nH]c3c(c2n1)CC(=O)NC(C(=O)N(C)c1ccc(Cl)cc1)Cc1cccc(c1)CC3. The molecule has 0 radical (unpaired) electrons. The zero-order chi connectivity index (χ0) is 25.2. The molecule has 1 aliphatic rings. The fraction of sp³-hybridized carbons (Fsp3) is 0.250. The third-order valence-electron chi connectivity index (χ3n) is 6.62. The zero-order valence-corrected chi connectivity index (χ0v) is 20.9. The van der Waals surface area contributed by atoms with Crippen molar-refractivity contribution < 1.29 is 14.3 Å². The maximum atomic E-state index is 13.6. The van der Waals surface area contributed by atoms with E-state index in [4.69, 9.17) is 16.3 Å². The molecule has 2 amide bonds. The van der Waals surface area contributed by atoms with Crippen LogP contribution in [0.1, 0.15) is 22.4 Å². The summed E-state index contributed by atoms with van der Waals surface area (Å²) in [6, 6.07) is 18.2. The number of rotatable bonds is 3. The van der Waals surface area contributed by atoms with Crippen LogP contribution >= 0.6 is 11.6 Å². The average molecular weight is 503 g/mol. The van der Waals surface area contributed by atoms with E-state index in [1.807, 2.05) is 18.2 Å². The van der Waals surface area contributed by atoms with Crippen LogP contribution in [0.4, 0.5) is 5.69 Å². The molecular formula is C28H27ClN4O3. The predicted molar refractivity (Wildman–Crippen MR) is 141 cm³/mol. The summed E-state index contributed by atoms with van der Waals surface area (Å²) in [5.74, 6) is 0.0506. The maximum absolute atomic E-state index is 13.6. The number of benzene rings is 2. The number of carbonyl (C=O) groups is 2. The Hall–Kier alpha value is -3.84. The number of fused-ring (bicyclic) bond motifs is 5. The van der Waals surface area contributed by atoms with Gasteiger partial charge in [-0.3, -0.25) is 9.59 Å². The predicted octanol–water partition coefficient (Wildman–Crippen LogP) is 4.26. The number of aromatic nitrogens is 2. The van der Waals surface area contributed by atoms with Crippen molar-refractivity contribution in [3.8, 4) is 5.88 Å². The Balaban J connectivity index is 1.52. The number of likely N-dealkylation sites (N-methyl/N-ethyl adjacent to an activating group) is 1. The van der Waals surface area contributed by atoms with Gasteiger partial charge < -0.3 is 19.9 Å². The van der Waals surface area contributed by atoms with E-state index in [0.717, 1.165) is 35.2 Å². The van der Waals surface area contributed by atoms with Crippen LogP contribution in [0.3, 0.4) is 0 Å². The molecule has 5 rings (SSSR count). The fourth-order valence-electron chi connectivity index (χ4n) is 4.72. The van der Waals surface area contributed by atoms with Gasteiger partial charge in [-0.05, 0) is 54.3 Å². The molecule has 3 heterocycles. The van der Waals surface area contributed by atoms with Gasteiger partial charge in [0.2, 0.25) is 17.7 Å². The lowest BCUT2D eigenvalue weighted by Crippen LogP contribution is -2.49. The van der Waals surface area contributed by atoms with Crippen molar-refractivity contribution in [1.82, 2.24) is 15.3 Å². The molecule has 0 fully saturated rings. The number of H-pyrrole nitrogens is 1. The summed E-state index contributed by atoms with van der Waals surface area (Å²) in [7, 11) is 3.28. The monoisotopic (exact) mass is 502 g/mol. The molecule has 184 valence electrons. The van der Waals surface area contributed by atoms with Crippen molar-refractivity contribution in [2.24, 2.45) is 0 Å². The Morgan fingerprint density at radius 1 is 1.08 bits per heavy atom. The van der Waals surface area contributed by atoms with E-state index >= 15 is 0 Å². The second-order valence-electron chi connectivity index (χ2n) is 9.03. The average Bonchev–Trinajstić information content (AvgIpc) is 3.22. The standard InChI is InChI=1S/C28H27ClN4O3/c1-33(20-9-7-19(29)8-10-20)28(35)24-15-18-5-3-4-17(14-18)6-11-22-21(16-25(34)31-24)27-23(30-22)12-13-26(32-27)36-2/h3-5,7-10,12-14,24,30H,6,11,15-16H2,1-2H3,(H,31,34). The molecule has 4 aromatic rings. The van der Waals surface area contributed by atoms with Gasteiger partial charge in [0.25, 0.3) is 0 Å². The minimum atomic E-state index is -0.732. The number of hydrogen-bond donors (Lipinski definition) is 2. The van der Waals surface area contributed by atoms with Gasteiger partial charge in [-0.2, -0.15) is 0 Å². The van der Waals surface area contributed by atoms with E-state index in [9.17, 15) is 9.59 Å². The Bertz CT molecular complexity index is 1430. The van der Waals surface area contributed by atoms with Crippen molar-refractivity contribution in [3.05, 3.63) is 88.1 Å². The van der Waals surface area contributed by atoms with Crippen LogP contribution < -0.4 is 15.0 Å². The zero-order valence-electron chi connectivity index (χ0n) is 20.2. The Morgan fingerprint density at radius 2 is 1.86 bits per heavy atom. The molecule has 2 aromatic heterocycles. The van der Waals surface area contributed by atoms with Crippen LogP contribution in [0.5, 0.6) is 5.88 Å². The molecule has 0 saturated carbocycles. The molecule has 2 aromatic carbocycles. The third-order valence-corrected chi connectivity index (χ3v) is 6.88. The smallest absolute Gasteiger partial charge is 0.249 e. The molecule has 8 heteroatoms. The number of anilines is 1. The molecule has 2 bridgehead atoms. The van der Waals surface area contributed by atoms with Crippen molar-refractivity contribution >= 4 is 40.1 Å². The van der Waals surface area contributed by atoms with Crippen molar-refractivity contribution in [3.63, 3.8) is 0 Å². The molecule has 7 nitrogen and oxygen atoms in total. The maximum Gasteiger partial charge on any atom is 0.249 e. The topological polar surface area (TPSA) is 87.3 Å². The number of pyridine rings is 1. The van der Waals surface area contributed by atoms with Crippen molar-refractivity contribution in [2.45, 2.75) is 31.7 Å². The largest absolute Gasteiger partial charge is 0.481 e. The van der Waals surface area contributed by atoms with Gasteiger partial charge in [0.05, 0.1) is 24.6 Å². The molecule has 1 aliphatic heterocycles.